The summed E-state index contributed by atoms with van der Waals surface area (Å²) >= 11 is 0. The summed E-state index contributed by atoms with van der Waals surface area (Å²) in [5.41, 5.74) is 6.61. The summed E-state index contributed by atoms with van der Waals surface area (Å²) < 4.78 is 5.04. The summed E-state index contributed by atoms with van der Waals surface area (Å²) in [6, 6.07) is 8.55. The molecule has 1 aromatic rings. The van der Waals surface area contributed by atoms with E-state index < -0.39 is 17.6 Å². The molecule has 2 atom stereocenters. The maximum atomic E-state index is 12.8. The lowest BCUT2D eigenvalue weighted by atomic mass is 9.77. The minimum Gasteiger partial charge on any atom is -0.447 e. The lowest BCUT2D eigenvalue weighted by Gasteiger charge is -2.34. The largest absolute Gasteiger partial charge is 0.447 e. The molecule has 1 heterocycles. The second-order valence-corrected chi connectivity index (χ2v) is 7.37. The van der Waals surface area contributed by atoms with Crippen molar-refractivity contribution in [2.75, 3.05) is 6.61 Å². The Balaban J connectivity index is 0.000000970. The first kappa shape index (κ1) is 21.2. The number of carbonyl (C=O) groups is 2. The van der Waals surface area contributed by atoms with Gasteiger partial charge >= 0.3 is 6.09 Å². The van der Waals surface area contributed by atoms with Crippen molar-refractivity contribution in [2.24, 2.45) is 11.7 Å². The predicted molar refractivity (Wildman–Crippen MR) is 100 cm³/mol. The first-order chi connectivity index (χ1) is 11.7. The zero-order valence-electron chi connectivity index (χ0n) is 16.3. The topological polar surface area (TPSA) is 72.6 Å². The van der Waals surface area contributed by atoms with E-state index in [1.54, 1.807) is 0 Å². The Morgan fingerprint density at radius 3 is 2.28 bits per heavy atom. The minimum atomic E-state index is -0.818. The maximum Gasteiger partial charge on any atom is 0.417 e. The molecule has 5 heteroatoms. The van der Waals surface area contributed by atoms with Gasteiger partial charge in [-0.25, -0.2) is 9.69 Å². The van der Waals surface area contributed by atoms with Crippen LogP contribution in [0.2, 0.25) is 0 Å². The van der Waals surface area contributed by atoms with E-state index in [0.717, 1.165) is 5.56 Å². The highest BCUT2D eigenvalue weighted by molar-refractivity contribution is 5.97. The van der Waals surface area contributed by atoms with Gasteiger partial charge in [-0.3, -0.25) is 4.79 Å². The summed E-state index contributed by atoms with van der Waals surface area (Å²) in [5, 5.41) is 0. The second-order valence-electron chi connectivity index (χ2n) is 7.37. The normalized spacial score (nSPS) is 18.5. The summed E-state index contributed by atoms with van der Waals surface area (Å²) in [5.74, 6) is -0.252. The van der Waals surface area contributed by atoms with Crippen LogP contribution in [0.3, 0.4) is 0 Å². The van der Waals surface area contributed by atoms with Crippen molar-refractivity contribution in [3.63, 3.8) is 0 Å². The summed E-state index contributed by atoms with van der Waals surface area (Å²) in [7, 11) is 0. The van der Waals surface area contributed by atoms with Crippen molar-refractivity contribution < 1.29 is 14.3 Å². The number of amides is 2. The van der Waals surface area contributed by atoms with Crippen LogP contribution in [-0.4, -0.2) is 35.6 Å². The molecule has 2 amide bonds. The molecule has 0 spiro atoms. The first-order valence-electron chi connectivity index (χ1n) is 8.99. The molecule has 1 fully saturated rings. The van der Waals surface area contributed by atoms with Gasteiger partial charge in [-0.05, 0) is 11.5 Å². The van der Waals surface area contributed by atoms with E-state index in [1.807, 2.05) is 58.0 Å². The highest BCUT2D eigenvalue weighted by Crippen LogP contribution is 2.29. The van der Waals surface area contributed by atoms with Crippen molar-refractivity contribution in [2.45, 2.75) is 65.5 Å². The molecule has 5 nitrogen and oxygen atoms in total. The van der Waals surface area contributed by atoms with Gasteiger partial charge in [-0.15, -0.1) is 0 Å². The number of nitrogens with two attached hydrogens (primary N) is 1. The molecule has 2 N–H and O–H groups in total. The Hall–Kier alpha value is -1.88. The van der Waals surface area contributed by atoms with Crippen LogP contribution in [0, 0.1) is 5.92 Å². The fourth-order valence-corrected chi connectivity index (χ4v) is 2.69. The molecule has 25 heavy (non-hydrogen) atoms. The van der Waals surface area contributed by atoms with Gasteiger partial charge in [0.2, 0.25) is 5.91 Å². The Morgan fingerprint density at radius 2 is 1.80 bits per heavy atom. The van der Waals surface area contributed by atoms with Gasteiger partial charge in [0.15, 0.2) is 0 Å². The highest BCUT2D eigenvalue weighted by Gasteiger charge is 2.45. The smallest absolute Gasteiger partial charge is 0.417 e. The SMILES string of the molecule is CC(C)[C@H]1COC(=O)N1C(=O)[C@@H](N)C(C)(C)c1ccccc1.CCC. The standard InChI is InChI=1S/C17H24N2O3.C3H8/c1-11(2)13-10-22-16(21)19(13)15(20)14(18)17(3,4)12-8-6-5-7-9-12;1-3-2/h5-9,11,13-14H,10,18H2,1-4H3;3H2,1-2H3/t13-,14-;/m1./s1. The van der Waals surface area contributed by atoms with Gasteiger partial charge < -0.3 is 10.5 Å². The molecule has 0 saturated carbocycles. The van der Waals surface area contributed by atoms with Gasteiger partial charge in [0, 0.05) is 5.41 Å². The molecule has 0 bridgehead atoms. The van der Waals surface area contributed by atoms with Crippen LogP contribution in [0.25, 0.3) is 0 Å². The number of hydrogen-bond donors (Lipinski definition) is 1. The molecule has 1 aliphatic heterocycles. The van der Waals surface area contributed by atoms with Crippen molar-refractivity contribution in [1.29, 1.82) is 0 Å². The van der Waals surface area contributed by atoms with E-state index in [0.29, 0.717) is 0 Å². The zero-order chi connectivity index (χ0) is 19.2. The third-order valence-electron chi connectivity index (χ3n) is 4.47. The zero-order valence-corrected chi connectivity index (χ0v) is 16.3. The van der Waals surface area contributed by atoms with Crippen LogP contribution in [-0.2, 0) is 14.9 Å². The molecule has 1 aromatic carbocycles. The Bertz CT molecular complexity index is 570. The van der Waals surface area contributed by atoms with Crippen molar-refractivity contribution in [3.05, 3.63) is 35.9 Å². The van der Waals surface area contributed by atoms with E-state index >= 15 is 0 Å². The second kappa shape index (κ2) is 8.99. The lowest BCUT2D eigenvalue weighted by molar-refractivity contribution is -0.132. The molecule has 0 unspecified atom stereocenters. The van der Waals surface area contributed by atoms with Crippen LogP contribution in [0.4, 0.5) is 4.79 Å². The first-order valence-corrected chi connectivity index (χ1v) is 8.99. The number of cyclic esters (lactones) is 1. The van der Waals surface area contributed by atoms with Crippen LogP contribution < -0.4 is 5.73 Å². The fraction of sp³-hybridized carbons (Fsp3) is 0.600. The highest BCUT2D eigenvalue weighted by atomic mass is 16.6. The number of ether oxygens (including phenoxy) is 1. The summed E-state index contributed by atoms with van der Waals surface area (Å²) in [6.45, 7) is 12.2. The average molecular weight is 348 g/mol. The minimum absolute atomic E-state index is 0.127. The Morgan fingerprint density at radius 1 is 1.28 bits per heavy atom. The average Bonchev–Trinajstić information content (AvgIpc) is 2.97. The molecule has 0 radical (unpaired) electrons. The predicted octanol–water partition coefficient (Wildman–Crippen LogP) is 3.71. The number of benzene rings is 1. The van der Waals surface area contributed by atoms with E-state index in [2.05, 4.69) is 13.8 Å². The number of rotatable bonds is 4. The van der Waals surface area contributed by atoms with E-state index in [4.69, 9.17) is 10.5 Å². The van der Waals surface area contributed by atoms with Gasteiger partial charge in [0.25, 0.3) is 0 Å². The quantitative estimate of drug-likeness (QED) is 0.900. The number of nitrogens with zero attached hydrogens (tertiary/aromatic N) is 1. The number of hydrogen-bond acceptors (Lipinski definition) is 4. The van der Waals surface area contributed by atoms with Gasteiger partial charge in [0.05, 0.1) is 12.1 Å². The van der Waals surface area contributed by atoms with Gasteiger partial charge in [-0.1, -0.05) is 78.3 Å². The van der Waals surface area contributed by atoms with Crippen molar-refractivity contribution in [1.82, 2.24) is 4.90 Å². The fourth-order valence-electron chi connectivity index (χ4n) is 2.69. The third kappa shape index (κ3) is 4.82. The van der Waals surface area contributed by atoms with E-state index in [-0.39, 0.29) is 24.5 Å². The van der Waals surface area contributed by atoms with Crippen molar-refractivity contribution in [3.8, 4) is 0 Å². The summed E-state index contributed by atoms with van der Waals surface area (Å²) in [4.78, 5) is 25.9. The number of carbonyl (C=O) groups excluding carboxylic acids is 2. The van der Waals surface area contributed by atoms with Crippen LogP contribution >= 0.6 is 0 Å². The number of imide groups is 1. The van der Waals surface area contributed by atoms with Crippen LogP contribution in [0.5, 0.6) is 0 Å². The van der Waals surface area contributed by atoms with Gasteiger partial charge in [0.1, 0.15) is 6.61 Å². The monoisotopic (exact) mass is 348 g/mol. The molecule has 1 aliphatic rings. The van der Waals surface area contributed by atoms with Crippen molar-refractivity contribution >= 4 is 12.0 Å². The maximum absolute atomic E-state index is 12.8. The van der Waals surface area contributed by atoms with E-state index in [9.17, 15) is 9.59 Å². The van der Waals surface area contributed by atoms with Gasteiger partial charge in [-0.2, -0.15) is 0 Å². The summed E-state index contributed by atoms with van der Waals surface area (Å²) in [6.07, 6.45) is 0.656. The molecule has 0 aromatic heterocycles. The van der Waals surface area contributed by atoms with Crippen LogP contribution in [0.15, 0.2) is 30.3 Å². The molecule has 2 rings (SSSR count). The molecule has 1 saturated heterocycles. The Labute approximate surface area is 151 Å². The molecular weight excluding hydrogens is 316 g/mol. The molecule has 140 valence electrons. The molecule has 0 aliphatic carbocycles. The lowest BCUT2D eigenvalue weighted by Crippen LogP contribution is -2.56. The third-order valence-corrected chi connectivity index (χ3v) is 4.47. The Kier molecular flexibility index (Phi) is 7.61. The van der Waals surface area contributed by atoms with Crippen LogP contribution in [0.1, 0.15) is 53.5 Å². The molecular formula is C20H32N2O3. The van der Waals surface area contributed by atoms with E-state index in [1.165, 1.54) is 11.3 Å².